The van der Waals surface area contributed by atoms with Crippen molar-refractivity contribution in [1.82, 2.24) is 4.98 Å². The molecule has 0 aliphatic heterocycles. The highest BCUT2D eigenvalue weighted by atomic mass is 32.1. The van der Waals surface area contributed by atoms with Gasteiger partial charge in [-0.15, -0.1) is 11.3 Å². The quantitative estimate of drug-likeness (QED) is 0.744. The molecule has 6 nitrogen and oxygen atoms in total. The van der Waals surface area contributed by atoms with Gasteiger partial charge in [-0.25, -0.2) is 9.78 Å². The van der Waals surface area contributed by atoms with Crippen LogP contribution in [-0.2, 0) is 9.47 Å². The van der Waals surface area contributed by atoms with E-state index in [-0.39, 0.29) is 11.8 Å². The average molecular weight is 246 g/mol. The van der Waals surface area contributed by atoms with E-state index in [1.807, 2.05) is 0 Å². The molecule has 1 rings (SSSR count). The van der Waals surface area contributed by atoms with Crippen molar-refractivity contribution in [2.75, 3.05) is 32.7 Å². The normalized spacial score (nSPS) is 12.4. The van der Waals surface area contributed by atoms with Crippen molar-refractivity contribution in [1.29, 1.82) is 0 Å². The SMILES string of the molecule is COCC(CNc1nc(C(=O)O)cs1)OC. The number of aromatic nitrogens is 1. The molecule has 1 aromatic rings. The summed E-state index contributed by atoms with van der Waals surface area (Å²) in [6.45, 7) is 0.998. The maximum Gasteiger partial charge on any atom is 0.355 e. The first-order valence-corrected chi connectivity index (χ1v) is 5.49. The Labute approximate surface area is 97.2 Å². The Kier molecular flexibility index (Phi) is 5.17. The average Bonchev–Trinajstić information content (AvgIpc) is 2.73. The van der Waals surface area contributed by atoms with Gasteiger partial charge in [-0.1, -0.05) is 0 Å². The fourth-order valence-electron chi connectivity index (χ4n) is 1.05. The molecule has 1 unspecified atom stereocenters. The van der Waals surface area contributed by atoms with Crippen LogP contribution in [0.4, 0.5) is 5.13 Å². The van der Waals surface area contributed by atoms with Crippen molar-refractivity contribution >= 4 is 22.4 Å². The number of rotatable bonds is 7. The predicted molar refractivity (Wildman–Crippen MR) is 60.2 cm³/mol. The van der Waals surface area contributed by atoms with Crippen LogP contribution in [0.5, 0.6) is 0 Å². The van der Waals surface area contributed by atoms with Gasteiger partial charge in [-0.2, -0.15) is 0 Å². The van der Waals surface area contributed by atoms with E-state index >= 15 is 0 Å². The van der Waals surface area contributed by atoms with Crippen molar-refractivity contribution in [2.24, 2.45) is 0 Å². The summed E-state index contributed by atoms with van der Waals surface area (Å²) in [5, 5.41) is 13.7. The Bertz CT molecular complexity index is 342. The third kappa shape index (κ3) is 3.76. The lowest BCUT2D eigenvalue weighted by Crippen LogP contribution is -2.26. The van der Waals surface area contributed by atoms with E-state index in [4.69, 9.17) is 14.6 Å². The zero-order chi connectivity index (χ0) is 12.0. The van der Waals surface area contributed by atoms with Crippen LogP contribution >= 0.6 is 11.3 Å². The molecule has 90 valence electrons. The Balaban J connectivity index is 2.44. The second-order valence-corrected chi connectivity index (χ2v) is 3.90. The smallest absolute Gasteiger partial charge is 0.355 e. The summed E-state index contributed by atoms with van der Waals surface area (Å²) in [7, 11) is 3.19. The molecule has 1 heterocycles. The van der Waals surface area contributed by atoms with E-state index in [9.17, 15) is 4.79 Å². The molecular formula is C9H14N2O4S. The van der Waals surface area contributed by atoms with Crippen LogP contribution in [-0.4, -0.2) is 49.5 Å². The minimum atomic E-state index is -1.02. The Morgan fingerprint density at radius 3 is 2.94 bits per heavy atom. The monoisotopic (exact) mass is 246 g/mol. The van der Waals surface area contributed by atoms with Crippen LogP contribution in [0.1, 0.15) is 10.5 Å². The van der Waals surface area contributed by atoms with E-state index in [0.717, 1.165) is 0 Å². The third-order valence-corrected chi connectivity index (χ3v) is 2.69. The highest BCUT2D eigenvalue weighted by Crippen LogP contribution is 2.15. The van der Waals surface area contributed by atoms with Crippen LogP contribution in [0.25, 0.3) is 0 Å². The molecule has 0 radical (unpaired) electrons. The van der Waals surface area contributed by atoms with Crippen molar-refractivity contribution in [3.05, 3.63) is 11.1 Å². The Morgan fingerprint density at radius 2 is 2.44 bits per heavy atom. The highest BCUT2D eigenvalue weighted by Gasteiger charge is 2.10. The lowest BCUT2D eigenvalue weighted by molar-refractivity contribution is 0.0365. The van der Waals surface area contributed by atoms with Crippen molar-refractivity contribution in [3.8, 4) is 0 Å². The summed E-state index contributed by atoms with van der Waals surface area (Å²) in [5.41, 5.74) is 0.0493. The van der Waals surface area contributed by atoms with Gasteiger partial charge in [0.1, 0.15) is 0 Å². The van der Waals surface area contributed by atoms with Gasteiger partial charge in [-0.3, -0.25) is 0 Å². The zero-order valence-electron chi connectivity index (χ0n) is 9.10. The second kappa shape index (κ2) is 6.41. The lowest BCUT2D eigenvalue weighted by Gasteiger charge is -2.14. The molecule has 0 amide bonds. The van der Waals surface area contributed by atoms with E-state index in [1.54, 1.807) is 14.2 Å². The summed E-state index contributed by atoms with van der Waals surface area (Å²) < 4.78 is 10.1. The Hall–Kier alpha value is -1.18. The molecule has 0 aromatic carbocycles. The number of methoxy groups -OCH3 is 2. The van der Waals surface area contributed by atoms with Crippen LogP contribution in [0.15, 0.2) is 5.38 Å². The number of hydrogen-bond acceptors (Lipinski definition) is 6. The fraction of sp³-hybridized carbons (Fsp3) is 0.556. The molecule has 7 heteroatoms. The van der Waals surface area contributed by atoms with Crippen LogP contribution in [0.2, 0.25) is 0 Å². The number of ether oxygens (including phenoxy) is 2. The topological polar surface area (TPSA) is 80.7 Å². The molecule has 0 fully saturated rings. The van der Waals surface area contributed by atoms with Gasteiger partial charge >= 0.3 is 5.97 Å². The summed E-state index contributed by atoms with van der Waals surface area (Å²) >= 11 is 1.25. The molecule has 0 bridgehead atoms. The van der Waals surface area contributed by atoms with E-state index in [1.165, 1.54) is 16.7 Å². The van der Waals surface area contributed by atoms with Crippen LogP contribution < -0.4 is 5.32 Å². The number of carboxylic acid groups (broad SMARTS) is 1. The van der Waals surface area contributed by atoms with Gasteiger partial charge in [0, 0.05) is 26.1 Å². The third-order valence-electron chi connectivity index (χ3n) is 1.89. The number of thiazole rings is 1. The lowest BCUT2D eigenvalue weighted by atomic mass is 10.4. The predicted octanol–water partition coefficient (Wildman–Crippen LogP) is 0.915. The van der Waals surface area contributed by atoms with Crippen molar-refractivity contribution < 1.29 is 19.4 Å². The van der Waals surface area contributed by atoms with E-state index in [0.29, 0.717) is 18.3 Å². The molecule has 0 saturated heterocycles. The number of carbonyl (C=O) groups is 1. The molecule has 0 aliphatic rings. The minimum Gasteiger partial charge on any atom is -0.476 e. The standard InChI is InChI=1S/C9H14N2O4S/c1-14-4-6(15-2)3-10-9-11-7(5-16-9)8(12)13/h5-6H,3-4H2,1-2H3,(H,10,11)(H,12,13). The van der Waals surface area contributed by atoms with Crippen molar-refractivity contribution in [3.63, 3.8) is 0 Å². The van der Waals surface area contributed by atoms with E-state index in [2.05, 4.69) is 10.3 Å². The molecule has 0 aliphatic carbocycles. The summed E-state index contributed by atoms with van der Waals surface area (Å²) in [6.07, 6.45) is -0.0813. The van der Waals surface area contributed by atoms with Gasteiger partial charge in [0.15, 0.2) is 10.8 Å². The molecule has 0 spiro atoms. The number of carboxylic acids is 1. The van der Waals surface area contributed by atoms with Crippen LogP contribution in [0.3, 0.4) is 0 Å². The molecule has 1 atom stereocenters. The first-order chi connectivity index (χ1) is 7.67. The second-order valence-electron chi connectivity index (χ2n) is 3.04. The van der Waals surface area contributed by atoms with Gasteiger partial charge in [0.2, 0.25) is 0 Å². The van der Waals surface area contributed by atoms with Gasteiger partial charge in [-0.05, 0) is 0 Å². The van der Waals surface area contributed by atoms with E-state index < -0.39 is 5.97 Å². The fourth-order valence-corrected chi connectivity index (χ4v) is 1.75. The highest BCUT2D eigenvalue weighted by molar-refractivity contribution is 7.13. The Morgan fingerprint density at radius 1 is 1.69 bits per heavy atom. The molecule has 16 heavy (non-hydrogen) atoms. The number of nitrogens with one attached hydrogen (secondary N) is 1. The van der Waals surface area contributed by atoms with Gasteiger partial charge < -0.3 is 19.9 Å². The van der Waals surface area contributed by atoms with Gasteiger partial charge in [0.05, 0.1) is 12.7 Å². The first-order valence-electron chi connectivity index (χ1n) is 4.61. The number of hydrogen-bond donors (Lipinski definition) is 2. The molecule has 2 N–H and O–H groups in total. The minimum absolute atomic E-state index is 0.0493. The zero-order valence-corrected chi connectivity index (χ0v) is 9.91. The maximum absolute atomic E-state index is 10.6. The molecule has 0 saturated carbocycles. The molecular weight excluding hydrogens is 232 g/mol. The first kappa shape index (κ1) is 12.9. The van der Waals surface area contributed by atoms with Crippen molar-refractivity contribution in [2.45, 2.75) is 6.10 Å². The van der Waals surface area contributed by atoms with Crippen LogP contribution in [0, 0.1) is 0 Å². The number of aromatic carboxylic acids is 1. The maximum atomic E-state index is 10.6. The summed E-state index contributed by atoms with van der Waals surface area (Å²) in [5.74, 6) is -1.02. The molecule has 1 aromatic heterocycles. The number of anilines is 1. The summed E-state index contributed by atoms with van der Waals surface area (Å²) in [6, 6.07) is 0. The number of nitrogens with zero attached hydrogens (tertiary/aromatic N) is 1. The summed E-state index contributed by atoms with van der Waals surface area (Å²) in [4.78, 5) is 14.5. The van der Waals surface area contributed by atoms with Gasteiger partial charge in [0.25, 0.3) is 0 Å². The largest absolute Gasteiger partial charge is 0.476 e.